The van der Waals surface area contributed by atoms with Crippen LogP contribution >= 0.6 is 11.5 Å². The molecule has 2 saturated heterocycles. The summed E-state index contributed by atoms with van der Waals surface area (Å²) in [6.07, 6.45) is 5.67. The number of rotatable bonds is 2. The Morgan fingerprint density at radius 1 is 1.21 bits per heavy atom. The van der Waals surface area contributed by atoms with Crippen molar-refractivity contribution in [1.82, 2.24) is 19.5 Å². The largest absolute Gasteiger partial charge is 0.337 e. The van der Waals surface area contributed by atoms with Gasteiger partial charge in [0, 0.05) is 31.2 Å². The third-order valence-electron chi connectivity index (χ3n) is 5.06. The van der Waals surface area contributed by atoms with Crippen LogP contribution in [0.5, 0.6) is 0 Å². The van der Waals surface area contributed by atoms with Crippen LogP contribution in [0.2, 0.25) is 0 Å². The van der Waals surface area contributed by atoms with Gasteiger partial charge in [-0.1, -0.05) is 4.49 Å². The molecule has 0 atom stereocenters. The smallest absolute Gasteiger partial charge is 0.275 e. The summed E-state index contributed by atoms with van der Waals surface area (Å²) < 4.78 is 3.74. The van der Waals surface area contributed by atoms with E-state index in [9.17, 15) is 9.59 Å². The lowest BCUT2D eigenvalue weighted by Crippen LogP contribution is -2.46. The van der Waals surface area contributed by atoms with Crippen molar-refractivity contribution >= 4 is 29.0 Å². The molecule has 8 heteroatoms. The van der Waals surface area contributed by atoms with Crippen LogP contribution in [0.3, 0.4) is 0 Å². The van der Waals surface area contributed by atoms with Gasteiger partial charge in [-0.25, -0.2) is 0 Å². The molecule has 2 fully saturated rings. The van der Waals surface area contributed by atoms with E-state index < -0.39 is 0 Å². The summed E-state index contributed by atoms with van der Waals surface area (Å²) in [5.41, 5.74) is 0.907. The SMILES string of the molecule is O=C(c1csnn1)N1CCC2(CC1)CCN(c1cccnc1)C2=O. The molecule has 4 rings (SSSR count). The van der Waals surface area contributed by atoms with Gasteiger partial charge in [-0.3, -0.25) is 14.6 Å². The van der Waals surface area contributed by atoms with Crippen molar-refractivity contribution < 1.29 is 9.59 Å². The Morgan fingerprint density at radius 3 is 2.67 bits per heavy atom. The Labute approximate surface area is 143 Å². The van der Waals surface area contributed by atoms with Gasteiger partial charge in [-0.2, -0.15) is 0 Å². The first kappa shape index (κ1) is 15.2. The van der Waals surface area contributed by atoms with E-state index in [4.69, 9.17) is 0 Å². The minimum Gasteiger partial charge on any atom is -0.337 e. The van der Waals surface area contributed by atoms with Crippen LogP contribution in [0.4, 0.5) is 5.69 Å². The second-order valence-electron chi connectivity index (χ2n) is 6.28. The standard InChI is InChI=1S/C16H17N5O2S/c22-14(13-11-24-19-18-13)20-7-3-16(4-8-20)5-9-21(15(16)23)12-2-1-6-17-10-12/h1-2,6,10-11H,3-5,7-9H2. The van der Waals surface area contributed by atoms with Crippen molar-refractivity contribution in [2.45, 2.75) is 19.3 Å². The van der Waals surface area contributed by atoms with Gasteiger partial charge in [0.25, 0.3) is 5.91 Å². The maximum absolute atomic E-state index is 13.0. The third-order valence-corrected chi connectivity index (χ3v) is 5.56. The van der Waals surface area contributed by atoms with Gasteiger partial charge in [0.2, 0.25) is 5.91 Å². The summed E-state index contributed by atoms with van der Waals surface area (Å²) >= 11 is 1.17. The van der Waals surface area contributed by atoms with Crippen LogP contribution in [0.1, 0.15) is 29.8 Å². The Balaban J connectivity index is 1.45. The summed E-state index contributed by atoms with van der Waals surface area (Å²) in [4.78, 5) is 33.0. The zero-order valence-electron chi connectivity index (χ0n) is 13.1. The van der Waals surface area contributed by atoms with E-state index in [1.807, 2.05) is 17.0 Å². The van der Waals surface area contributed by atoms with Crippen molar-refractivity contribution in [3.05, 3.63) is 35.6 Å². The Morgan fingerprint density at radius 2 is 2.00 bits per heavy atom. The number of hydrogen-bond donors (Lipinski definition) is 0. The van der Waals surface area contributed by atoms with E-state index in [2.05, 4.69) is 14.6 Å². The molecular formula is C16H17N5O2S. The topological polar surface area (TPSA) is 79.3 Å². The van der Waals surface area contributed by atoms with Crippen molar-refractivity contribution in [3.8, 4) is 0 Å². The first-order chi connectivity index (χ1) is 11.7. The molecule has 0 aromatic carbocycles. The Hall–Kier alpha value is -2.35. The number of pyridine rings is 1. The van der Waals surface area contributed by atoms with Gasteiger partial charge in [0.15, 0.2) is 5.69 Å². The molecule has 2 aromatic rings. The summed E-state index contributed by atoms with van der Waals surface area (Å²) in [7, 11) is 0. The average molecular weight is 343 g/mol. The predicted octanol–water partition coefficient (Wildman–Crippen LogP) is 1.59. The summed E-state index contributed by atoms with van der Waals surface area (Å²) in [6, 6.07) is 3.76. The molecule has 1 spiro atoms. The number of amides is 2. The molecule has 0 saturated carbocycles. The van der Waals surface area contributed by atoms with Crippen molar-refractivity contribution in [3.63, 3.8) is 0 Å². The second-order valence-corrected chi connectivity index (χ2v) is 6.89. The monoisotopic (exact) mass is 343 g/mol. The van der Waals surface area contributed by atoms with Crippen LogP contribution in [0.25, 0.3) is 0 Å². The highest BCUT2D eigenvalue weighted by atomic mass is 32.1. The molecule has 2 aliphatic heterocycles. The minimum absolute atomic E-state index is 0.0897. The maximum Gasteiger partial charge on any atom is 0.275 e. The Bertz CT molecular complexity index is 741. The summed E-state index contributed by atoms with van der Waals surface area (Å²) in [5.74, 6) is 0.0751. The molecular weight excluding hydrogens is 326 g/mol. The zero-order valence-corrected chi connectivity index (χ0v) is 13.9. The lowest BCUT2D eigenvalue weighted by Gasteiger charge is -2.37. The predicted molar refractivity (Wildman–Crippen MR) is 88.7 cm³/mol. The molecule has 0 radical (unpaired) electrons. The quantitative estimate of drug-likeness (QED) is 0.827. The van der Waals surface area contributed by atoms with Crippen molar-refractivity contribution in [1.29, 1.82) is 0 Å². The molecule has 0 unspecified atom stereocenters. The molecule has 4 heterocycles. The van der Waals surface area contributed by atoms with Gasteiger partial charge in [0.1, 0.15) is 0 Å². The van der Waals surface area contributed by atoms with Crippen LogP contribution in [0.15, 0.2) is 29.9 Å². The molecule has 2 amide bonds. The second kappa shape index (κ2) is 5.94. The lowest BCUT2D eigenvalue weighted by atomic mass is 9.77. The van der Waals surface area contributed by atoms with Crippen LogP contribution < -0.4 is 4.90 Å². The minimum atomic E-state index is -0.340. The third kappa shape index (κ3) is 2.47. The number of carbonyl (C=O) groups is 2. The maximum atomic E-state index is 13.0. The van der Waals surface area contributed by atoms with Crippen LogP contribution in [-0.2, 0) is 4.79 Å². The van der Waals surface area contributed by atoms with E-state index in [0.29, 0.717) is 38.2 Å². The average Bonchev–Trinajstić information content (AvgIpc) is 3.26. The van der Waals surface area contributed by atoms with E-state index in [-0.39, 0.29) is 17.2 Å². The molecule has 24 heavy (non-hydrogen) atoms. The first-order valence-electron chi connectivity index (χ1n) is 7.98. The molecule has 7 nitrogen and oxygen atoms in total. The van der Waals surface area contributed by atoms with E-state index in [0.717, 1.165) is 12.1 Å². The summed E-state index contributed by atoms with van der Waals surface area (Å²) in [5, 5.41) is 5.51. The van der Waals surface area contributed by atoms with Gasteiger partial charge < -0.3 is 9.80 Å². The van der Waals surface area contributed by atoms with Crippen LogP contribution in [0, 0.1) is 5.41 Å². The van der Waals surface area contributed by atoms with Gasteiger partial charge in [0.05, 0.1) is 17.3 Å². The number of aromatic nitrogens is 3. The van der Waals surface area contributed by atoms with Gasteiger partial charge in [-0.05, 0) is 42.9 Å². The van der Waals surface area contributed by atoms with Gasteiger partial charge >= 0.3 is 0 Å². The van der Waals surface area contributed by atoms with E-state index in [1.165, 1.54) is 11.5 Å². The molecule has 0 aliphatic carbocycles. The number of piperidine rings is 1. The normalized spacial score (nSPS) is 19.9. The highest BCUT2D eigenvalue weighted by molar-refractivity contribution is 7.03. The number of hydrogen-bond acceptors (Lipinski definition) is 6. The zero-order chi connectivity index (χ0) is 16.6. The molecule has 2 aliphatic rings. The van der Waals surface area contributed by atoms with Crippen molar-refractivity contribution in [2.75, 3.05) is 24.5 Å². The molecule has 0 N–H and O–H groups in total. The first-order valence-corrected chi connectivity index (χ1v) is 8.82. The Kier molecular flexibility index (Phi) is 3.76. The van der Waals surface area contributed by atoms with E-state index >= 15 is 0 Å². The number of likely N-dealkylation sites (tertiary alicyclic amines) is 1. The summed E-state index contributed by atoms with van der Waals surface area (Å²) in [6.45, 7) is 1.89. The fraction of sp³-hybridized carbons (Fsp3) is 0.438. The van der Waals surface area contributed by atoms with Gasteiger partial charge in [-0.15, -0.1) is 5.10 Å². The number of nitrogens with zero attached hydrogens (tertiary/aromatic N) is 5. The highest BCUT2D eigenvalue weighted by Gasteiger charge is 2.49. The number of carbonyl (C=O) groups excluding carboxylic acids is 2. The van der Waals surface area contributed by atoms with E-state index in [1.54, 1.807) is 22.7 Å². The van der Waals surface area contributed by atoms with Crippen molar-refractivity contribution in [2.24, 2.45) is 5.41 Å². The fourth-order valence-electron chi connectivity index (χ4n) is 3.60. The molecule has 2 aromatic heterocycles. The lowest BCUT2D eigenvalue weighted by molar-refractivity contribution is -0.127. The van der Waals surface area contributed by atoms with Crippen LogP contribution in [-0.4, -0.2) is 50.9 Å². The molecule has 124 valence electrons. The number of anilines is 1. The highest BCUT2D eigenvalue weighted by Crippen LogP contribution is 2.43. The molecule has 0 bridgehead atoms. The fourth-order valence-corrected chi connectivity index (χ4v) is 4.03.